The molecule has 0 amide bonds. The molecule has 1 N–H and O–H groups in total. The van der Waals surface area contributed by atoms with Gasteiger partial charge in [0.2, 0.25) is 0 Å². The fraction of sp³-hybridized carbons (Fsp3) is 0.368. The van der Waals surface area contributed by atoms with E-state index in [9.17, 15) is 35.9 Å². The summed E-state index contributed by atoms with van der Waals surface area (Å²) >= 11 is 0. The number of aromatic amines is 1. The van der Waals surface area contributed by atoms with Crippen LogP contribution in [0.25, 0.3) is 0 Å². The molecule has 164 valence electrons. The molecule has 0 aliphatic carbocycles. The first kappa shape index (κ1) is 23.5. The van der Waals surface area contributed by atoms with Gasteiger partial charge in [-0.1, -0.05) is 13.0 Å². The van der Waals surface area contributed by atoms with Crippen molar-refractivity contribution in [1.82, 2.24) is 9.55 Å². The largest absolute Gasteiger partial charge is 0.416 e. The molecule has 0 aliphatic heterocycles. The minimum Gasteiger partial charge on any atom is -0.357 e. The maximum absolute atomic E-state index is 13.1. The molecule has 0 saturated carbocycles. The van der Waals surface area contributed by atoms with E-state index in [-0.39, 0.29) is 42.6 Å². The normalized spacial score (nSPS) is 12.2. The summed E-state index contributed by atoms with van der Waals surface area (Å²) in [6.45, 7) is 4.67. The minimum absolute atomic E-state index is 0.0162. The van der Waals surface area contributed by atoms with E-state index in [2.05, 4.69) is 11.6 Å². The number of nitrogens with one attached hydrogen (secondary N) is 1. The predicted octanol–water partition coefficient (Wildman–Crippen LogP) is 3.89. The van der Waals surface area contributed by atoms with Crippen LogP contribution >= 0.6 is 0 Å². The van der Waals surface area contributed by atoms with E-state index >= 15 is 0 Å². The molecular formula is C19H18F6N2O3. The van der Waals surface area contributed by atoms with Gasteiger partial charge in [-0.25, -0.2) is 4.79 Å². The first-order chi connectivity index (χ1) is 13.9. The molecule has 30 heavy (non-hydrogen) atoms. The molecule has 11 heteroatoms. The van der Waals surface area contributed by atoms with Crippen molar-refractivity contribution in [3.05, 3.63) is 79.6 Å². The van der Waals surface area contributed by atoms with E-state index in [1.54, 1.807) is 6.92 Å². The lowest BCUT2D eigenvalue weighted by Crippen LogP contribution is -2.36. The minimum atomic E-state index is -5.01. The van der Waals surface area contributed by atoms with Gasteiger partial charge in [0.25, 0.3) is 5.56 Å². The molecular weight excluding hydrogens is 418 g/mol. The molecule has 2 aromatic rings. The Morgan fingerprint density at radius 3 is 2.10 bits per heavy atom. The van der Waals surface area contributed by atoms with Crippen LogP contribution in [-0.4, -0.2) is 16.2 Å². The molecule has 0 aliphatic rings. The highest BCUT2D eigenvalue weighted by atomic mass is 19.4. The van der Waals surface area contributed by atoms with Gasteiger partial charge in [-0.05, 0) is 30.2 Å². The van der Waals surface area contributed by atoms with Crippen LogP contribution in [0, 0.1) is 0 Å². The van der Waals surface area contributed by atoms with Crippen LogP contribution in [0.3, 0.4) is 0 Å². The van der Waals surface area contributed by atoms with E-state index in [0.717, 1.165) is 4.57 Å². The SMILES string of the molecule is C=CCOCn1c(Cc2cc(C(F)(F)F)cc(C(F)(F)F)c2)c(CC)c(=O)[nH]c1=O. The first-order valence-corrected chi connectivity index (χ1v) is 8.70. The summed E-state index contributed by atoms with van der Waals surface area (Å²) in [7, 11) is 0. The average molecular weight is 436 g/mol. The molecule has 2 rings (SSSR count). The maximum atomic E-state index is 13.1. The van der Waals surface area contributed by atoms with Gasteiger partial charge in [-0.15, -0.1) is 6.58 Å². The summed E-state index contributed by atoms with van der Waals surface area (Å²) in [6, 6.07) is 1.15. The first-order valence-electron chi connectivity index (χ1n) is 8.70. The molecule has 1 heterocycles. The zero-order valence-electron chi connectivity index (χ0n) is 15.8. The molecule has 0 fully saturated rings. The Bertz CT molecular complexity index is 1000. The standard InChI is InChI=1S/C19H18F6N2O3/c1-3-5-30-10-27-15(14(4-2)16(28)26-17(27)29)8-11-6-12(18(20,21)22)9-13(7-11)19(23,24)25/h3,6-7,9H,1,4-5,8,10H2,2H3,(H,26,28,29). The zero-order chi connectivity index (χ0) is 22.7. The van der Waals surface area contributed by atoms with E-state index < -0.39 is 41.1 Å². The Morgan fingerprint density at radius 1 is 1.07 bits per heavy atom. The summed E-state index contributed by atoms with van der Waals surface area (Å²) in [5.41, 5.74) is -4.93. The van der Waals surface area contributed by atoms with Crippen molar-refractivity contribution in [2.45, 2.75) is 38.8 Å². The number of hydrogen-bond acceptors (Lipinski definition) is 3. The zero-order valence-corrected chi connectivity index (χ0v) is 15.8. The Hall–Kier alpha value is -2.82. The van der Waals surface area contributed by atoms with Gasteiger partial charge in [0.15, 0.2) is 0 Å². The molecule has 5 nitrogen and oxygen atoms in total. The number of aromatic nitrogens is 2. The molecule has 0 atom stereocenters. The second-order valence-corrected chi connectivity index (χ2v) is 6.35. The van der Waals surface area contributed by atoms with Gasteiger partial charge in [-0.2, -0.15) is 26.3 Å². The van der Waals surface area contributed by atoms with Crippen molar-refractivity contribution in [2.24, 2.45) is 0 Å². The van der Waals surface area contributed by atoms with Gasteiger partial charge in [0, 0.05) is 17.7 Å². The highest BCUT2D eigenvalue weighted by Crippen LogP contribution is 2.36. The molecule has 1 aromatic carbocycles. The molecule has 0 radical (unpaired) electrons. The number of halogens is 6. The van der Waals surface area contributed by atoms with Crippen LogP contribution in [0.2, 0.25) is 0 Å². The summed E-state index contributed by atoms with van der Waals surface area (Å²) in [5, 5.41) is 0. The van der Waals surface area contributed by atoms with Crippen molar-refractivity contribution in [3.63, 3.8) is 0 Å². The highest BCUT2D eigenvalue weighted by molar-refractivity contribution is 5.36. The smallest absolute Gasteiger partial charge is 0.357 e. The summed E-state index contributed by atoms with van der Waals surface area (Å²) in [5.74, 6) is 0. The third-order valence-corrected chi connectivity index (χ3v) is 4.24. The number of rotatable bonds is 7. The number of benzene rings is 1. The van der Waals surface area contributed by atoms with Gasteiger partial charge in [0.1, 0.15) is 6.73 Å². The van der Waals surface area contributed by atoms with Gasteiger partial charge >= 0.3 is 18.0 Å². The van der Waals surface area contributed by atoms with Crippen LogP contribution in [0.1, 0.15) is 34.9 Å². The topological polar surface area (TPSA) is 64.1 Å². The van der Waals surface area contributed by atoms with E-state index in [0.29, 0.717) is 12.1 Å². The summed E-state index contributed by atoms with van der Waals surface area (Å²) < 4.78 is 84.9. The third-order valence-electron chi connectivity index (χ3n) is 4.24. The maximum Gasteiger partial charge on any atom is 0.416 e. The van der Waals surface area contributed by atoms with Gasteiger partial charge in [-0.3, -0.25) is 14.3 Å². The summed E-state index contributed by atoms with van der Waals surface area (Å²) in [6.07, 6.45) is -9.04. The lowest BCUT2D eigenvalue weighted by atomic mass is 9.99. The van der Waals surface area contributed by atoms with Crippen LogP contribution in [0.5, 0.6) is 0 Å². The van der Waals surface area contributed by atoms with E-state index in [4.69, 9.17) is 4.74 Å². The number of hydrogen-bond donors (Lipinski definition) is 1. The molecule has 1 aromatic heterocycles. The van der Waals surface area contributed by atoms with Crippen molar-refractivity contribution in [3.8, 4) is 0 Å². The Balaban J connectivity index is 2.67. The van der Waals surface area contributed by atoms with Crippen LogP contribution in [0.4, 0.5) is 26.3 Å². The Morgan fingerprint density at radius 2 is 1.63 bits per heavy atom. The fourth-order valence-electron chi connectivity index (χ4n) is 2.90. The predicted molar refractivity (Wildman–Crippen MR) is 96.1 cm³/mol. The van der Waals surface area contributed by atoms with E-state index in [1.807, 2.05) is 0 Å². The number of ether oxygens (including phenoxy) is 1. The lowest BCUT2D eigenvalue weighted by Gasteiger charge is -2.18. The van der Waals surface area contributed by atoms with Crippen LogP contribution < -0.4 is 11.2 Å². The molecule has 0 bridgehead atoms. The number of H-pyrrole nitrogens is 1. The monoisotopic (exact) mass is 436 g/mol. The Labute approximate surface area is 166 Å². The van der Waals surface area contributed by atoms with Crippen molar-refractivity contribution < 1.29 is 31.1 Å². The third kappa shape index (κ3) is 5.41. The highest BCUT2D eigenvalue weighted by Gasteiger charge is 2.37. The summed E-state index contributed by atoms with van der Waals surface area (Å²) in [4.78, 5) is 26.4. The van der Waals surface area contributed by atoms with E-state index in [1.165, 1.54) is 6.08 Å². The quantitative estimate of drug-likeness (QED) is 0.407. The molecule has 0 spiro atoms. The fourth-order valence-corrected chi connectivity index (χ4v) is 2.90. The average Bonchev–Trinajstić information content (AvgIpc) is 2.62. The Kier molecular flexibility index (Phi) is 6.96. The van der Waals surface area contributed by atoms with Gasteiger partial charge < -0.3 is 4.74 Å². The van der Waals surface area contributed by atoms with Crippen molar-refractivity contribution in [2.75, 3.05) is 6.61 Å². The number of alkyl halides is 6. The number of nitrogens with zero attached hydrogens (tertiary/aromatic N) is 1. The molecule has 0 unspecified atom stereocenters. The van der Waals surface area contributed by atoms with Crippen molar-refractivity contribution >= 4 is 0 Å². The van der Waals surface area contributed by atoms with Crippen molar-refractivity contribution in [1.29, 1.82) is 0 Å². The second kappa shape index (κ2) is 8.90. The van der Waals surface area contributed by atoms with Gasteiger partial charge in [0.05, 0.1) is 17.7 Å². The lowest BCUT2D eigenvalue weighted by molar-refractivity contribution is -0.143. The van der Waals surface area contributed by atoms with Crippen LogP contribution in [-0.2, 0) is 36.7 Å². The second-order valence-electron chi connectivity index (χ2n) is 6.35. The molecule has 0 saturated heterocycles. The van der Waals surface area contributed by atoms with Crippen LogP contribution in [0.15, 0.2) is 40.4 Å².